The SMILES string of the molecule is C=C(C)C(=O)OCCc1cc(-c2ccc(-c3ccc(CCCCC)cc3)cc2CC)ccc1OCCOC(C)(C)C. The van der Waals surface area contributed by atoms with Crippen LogP contribution in [0.2, 0.25) is 0 Å². The summed E-state index contributed by atoms with van der Waals surface area (Å²) < 4.78 is 17.3. The zero-order valence-corrected chi connectivity index (χ0v) is 26.0. The van der Waals surface area contributed by atoms with E-state index in [9.17, 15) is 4.79 Å². The molecule has 3 aromatic carbocycles. The number of esters is 1. The summed E-state index contributed by atoms with van der Waals surface area (Å²) >= 11 is 0. The minimum atomic E-state index is -0.375. The van der Waals surface area contributed by atoms with E-state index in [1.165, 1.54) is 47.1 Å². The van der Waals surface area contributed by atoms with Crippen molar-refractivity contribution < 1.29 is 19.0 Å². The van der Waals surface area contributed by atoms with Crippen LogP contribution in [0.25, 0.3) is 22.3 Å². The van der Waals surface area contributed by atoms with Gasteiger partial charge in [0.05, 0.1) is 18.8 Å². The second-order valence-electron chi connectivity index (χ2n) is 11.7. The number of aryl methyl sites for hydroxylation is 2. The maximum Gasteiger partial charge on any atom is 0.333 e. The first kappa shape index (κ1) is 32.1. The summed E-state index contributed by atoms with van der Waals surface area (Å²) in [5.41, 5.74) is 8.68. The van der Waals surface area contributed by atoms with Gasteiger partial charge >= 0.3 is 5.97 Å². The summed E-state index contributed by atoms with van der Waals surface area (Å²) in [6.45, 7) is 17.1. The molecule has 0 saturated heterocycles. The van der Waals surface area contributed by atoms with Crippen LogP contribution < -0.4 is 4.74 Å². The van der Waals surface area contributed by atoms with E-state index in [0.29, 0.717) is 25.2 Å². The highest BCUT2D eigenvalue weighted by Gasteiger charge is 2.14. The van der Waals surface area contributed by atoms with Gasteiger partial charge in [0.25, 0.3) is 0 Å². The van der Waals surface area contributed by atoms with Crippen molar-refractivity contribution in [1.29, 1.82) is 0 Å². The predicted octanol–water partition coefficient (Wildman–Crippen LogP) is 9.17. The largest absolute Gasteiger partial charge is 0.491 e. The molecule has 0 aliphatic rings. The van der Waals surface area contributed by atoms with Gasteiger partial charge in [0.15, 0.2) is 0 Å². The molecule has 41 heavy (non-hydrogen) atoms. The van der Waals surface area contributed by atoms with Crippen LogP contribution in [0, 0.1) is 0 Å². The van der Waals surface area contributed by atoms with Crippen molar-refractivity contribution in [3.63, 3.8) is 0 Å². The Kier molecular flexibility index (Phi) is 12.2. The van der Waals surface area contributed by atoms with Gasteiger partial charge in [-0.05, 0) is 98.0 Å². The number of rotatable bonds is 15. The number of hydrogen-bond acceptors (Lipinski definition) is 4. The standard InChI is InChI=1S/C37H48O4/c1-8-10-11-12-28-13-15-30(16-14-28)31-17-19-34(29(9-2)25-31)32-18-20-35(39-23-24-41-37(5,6)7)33(26-32)21-22-40-36(38)27(3)4/h13-20,25-26H,3,8-12,21-24H2,1-2,4-7H3. The van der Waals surface area contributed by atoms with E-state index >= 15 is 0 Å². The van der Waals surface area contributed by atoms with Gasteiger partial charge in [-0.25, -0.2) is 4.79 Å². The second-order valence-corrected chi connectivity index (χ2v) is 11.7. The molecule has 0 bridgehead atoms. The molecule has 3 rings (SSSR count). The first-order chi connectivity index (χ1) is 19.6. The zero-order chi connectivity index (χ0) is 29.8. The Morgan fingerprint density at radius 2 is 1.46 bits per heavy atom. The zero-order valence-electron chi connectivity index (χ0n) is 26.0. The highest BCUT2D eigenvalue weighted by molar-refractivity contribution is 5.86. The third kappa shape index (κ3) is 10.2. The van der Waals surface area contributed by atoms with E-state index in [0.717, 1.165) is 29.7 Å². The Bertz CT molecular complexity index is 1280. The molecule has 3 aromatic rings. The van der Waals surface area contributed by atoms with Crippen molar-refractivity contribution >= 4 is 5.97 Å². The van der Waals surface area contributed by atoms with Gasteiger partial charge in [0.1, 0.15) is 12.4 Å². The Morgan fingerprint density at radius 1 is 0.780 bits per heavy atom. The van der Waals surface area contributed by atoms with E-state index in [4.69, 9.17) is 14.2 Å². The van der Waals surface area contributed by atoms with E-state index in [1.54, 1.807) is 6.92 Å². The molecule has 0 amide bonds. The fourth-order valence-corrected chi connectivity index (χ4v) is 4.75. The summed E-state index contributed by atoms with van der Waals surface area (Å²) in [6, 6.07) is 22.1. The van der Waals surface area contributed by atoms with Crippen LogP contribution in [0.1, 0.15) is 77.5 Å². The molecule has 0 aliphatic heterocycles. The van der Waals surface area contributed by atoms with Gasteiger partial charge < -0.3 is 14.2 Å². The summed E-state index contributed by atoms with van der Waals surface area (Å²) in [4.78, 5) is 12.0. The van der Waals surface area contributed by atoms with E-state index in [1.807, 2.05) is 26.8 Å². The molecule has 0 unspecified atom stereocenters. The highest BCUT2D eigenvalue weighted by Crippen LogP contribution is 2.33. The van der Waals surface area contributed by atoms with Gasteiger partial charge in [0.2, 0.25) is 0 Å². The van der Waals surface area contributed by atoms with Crippen molar-refractivity contribution in [1.82, 2.24) is 0 Å². The Labute approximate surface area is 247 Å². The minimum Gasteiger partial charge on any atom is -0.491 e. The van der Waals surface area contributed by atoms with Crippen LogP contribution in [-0.2, 0) is 33.5 Å². The van der Waals surface area contributed by atoms with Crippen LogP contribution in [-0.4, -0.2) is 31.4 Å². The smallest absolute Gasteiger partial charge is 0.333 e. The van der Waals surface area contributed by atoms with E-state index in [2.05, 4.69) is 75.0 Å². The monoisotopic (exact) mass is 556 g/mol. The molecule has 0 atom stereocenters. The molecule has 0 heterocycles. The maximum absolute atomic E-state index is 12.0. The fraction of sp³-hybridized carbons (Fsp3) is 0.432. The van der Waals surface area contributed by atoms with Gasteiger partial charge in [-0.3, -0.25) is 0 Å². The second kappa shape index (κ2) is 15.6. The molecular formula is C37H48O4. The molecule has 0 N–H and O–H groups in total. The summed E-state index contributed by atoms with van der Waals surface area (Å²) in [6.07, 6.45) is 6.39. The van der Waals surface area contributed by atoms with Crippen molar-refractivity contribution in [3.8, 4) is 28.0 Å². The van der Waals surface area contributed by atoms with Crippen molar-refractivity contribution in [2.75, 3.05) is 19.8 Å². The van der Waals surface area contributed by atoms with Crippen LogP contribution >= 0.6 is 0 Å². The molecule has 0 saturated carbocycles. The first-order valence-electron chi connectivity index (χ1n) is 15.1. The lowest BCUT2D eigenvalue weighted by atomic mass is 9.92. The normalized spacial score (nSPS) is 11.4. The lowest BCUT2D eigenvalue weighted by Gasteiger charge is -2.20. The number of carbonyl (C=O) groups is 1. The van der Waals surface area contributed by atoms with Crippen molar-refractivity contribution in [2.24, 2.45) is 0 Å². The van der Waals surface area contributed by atoms with Gasteiger partial charge in [-0.1, -0.05) is 81.8 Å². The maximum atomic E-state index is 12.0. The average molecular weight is 557 g/mol. The fourth-order valence-electron chi connectivity index (χ4n) is 4.75. The topological polar surface area (TPSA) is 44.8 Å². The summed E-state index contributed by atoms with van der Waals surface area (Å²) in [5, 5.41) is 0. The van der Waals surface area contributed by atoms with Crippen molar-refractivity contribution in [2.45, 2.75) is 85.7 Å². The number of unbranched alkanes of at least 4 members (excludes halogenated alkanes) is 2. The molecule has 4 heteroatoms. The number of carbonyl (C=O) groups excluding carboxylic acids is 1. The molecule has 0 aliphatic carbocycles. The summed E-state index contributed by atoms with van der Waals surface area (Å²) in [7, 11) is 0. The third-order valence-corrected chi connectivity index (χ3v) is 7.04. The van der Waals surface area contributed by atoms with Crippen LogP contribution in [0.5, 0.6) is 5.75 Å². The van der Waals surface area contributed by atoms with Crippen molar-refractivity contribution in [3.05, 3.63) is 89.5 Å². The van der Waals surface area contributed by atoms with Gasteiger partial charge in [-0.2, -0.15) is 0 Å². The lowest BCUT2D eigenvalue weighted by Crippen LogP contribution is -2.22. The Morgan fingerprint density at radius 3 is 2.12 bits per heavy atom. The first-order valence-corrected chi connectivity index (χ1v) is 15.1. The molecule has 220 valence electrons. The van der Waals surface area contributed by atoms with Crippen LogP contribution in [0.3, 0.4) is 0 Å². The molecular weight excluding hydrogens is 508 g/mol. The minimum absolute atomic E-state index is 0.216. The molecule has 0 radical (unpaired) electrons. The predicted molar refractivity (Wildman–Crippen MR) is 171 cm³/mol. The quantitative estimate of drug-likeness (QED) is 0.106. The Balaban J connectivity index is 1.83. The summed E-state index contributed by atoms with van der Waals surface area (Å²) in [5.74, 6) is 0.409. The number of benzene rings is 3. The van der Waals surface area contributed by atoms with Crippen LogP contribution in [0.15, 0.2) is 72.8 Å². The molecule has 0 spiro atoms. The molecule has 0 fully saturated rings. The number of hydrogen-bond donors (Lipinski definition) is 0. The molecule has 0 aromatic heterocycles. The van der Waals surface area contributed by atoms with Crippen LogP contribution in [0.4, 0.5) is 0 Å². The molecule has 4 nitrogen and oxygen atoms in total. The highest BCUT2D eigenvalue weighted by atomic mass is 16.5. The van der Waals surface area contributed by atoms with Gasteiger partial charge in [0, 0.05) is 12.0 Å². The van der Waals surface area contributed by atoms with E-state index in [-0.39, 0.29) is 18.2 Å². The Hall–Kier alpha value is -3.37. The number of ether oxygens (including phenoxy) is 3. The average Bonchev–Trinajstić information content (AvgIpc) is 2.95. The lowest BCUT2D eigenvalue weighted by molar-refractivity contribution is -0.138. The van der Waals surface area contributed by atoms with Gasteiger partial charge in [-0.15, -0.1) is 0 Å². The third-order valence-electron chi connectivity index (χ3n) is 7.04. The van der Waals surface area contributed by atoms with E-state index < -0.39 is 0 Å².